The highest BCUT2D eigenvalue weighted by molar-refractivity contribution is 5.98. The van der Waals surface area contributed by atoms with Crippen molar-refractivity contribution in [3.05, 3.63) is 0 Å². The summed E-state index contributed by atoms with van der Waals surface area (Å²) >= 11 is 0. The predicted molar refractivity (Wildman–Crippen MR) is 274 cm³/mol. The SMILES string of the molecule is CCCCCC[C@H](CN)CC(=O)N[C@H](C(=O)N[C@@H](CN)C(=O)N[C@H]1CCNC(=O)[C@H]([C@@H](C)O)NC(=O)[C@H](CCN)NC(=O)[C@H](CCN)NC(=O)[C@H](CC)NC(=O)[C@@H](CC(C)C)NC(=O)[C@H](CCN)NC1=O)[C@@H](C)O. The van der Waals surface area contributed by atoms with Gasteiger partial charge in [-0.2, -0.15) is 0 Å². The third-order valence-electron chi connectivity index (χ3n) is 12.3. The molecule has 12 atom stereocenters. The van der Waals surface area contributed by atoms with Crippen molar-refractivity contribution in [1.29, 1.82) is 0 Å². The Balaban J connectivity index is 3.72. The summed E-state index contributed by atoms with van der Waals surface area (Å²) in [5, 5.41) is 46.3. The summed E-state index contributed by atoms with van der Waals surface area (Å²) in [6.45, 7) is 8.56. The summed E-state index contributed by atoms with van der Waals surface area (Å²) in [6.07, 6.45) is 0.797. The molecule has 22 N–H and O–H groups in total. The van der Waals surface area contributed by atoms with Gasteiger partial charge in [0, 0.05) is 19.5 Å². The summed E-state index contributed by atoms with van der Waals surface area (Å²) in [5.41, 5.74) is 29.3. The van der Waals surface area contributed by atoms with Gasteiger partial charge in [0.15, 0.2) is 0 Å². The Morgan fingerprint density at radius 3 is 1.58 bits per heavy atom. The Hall–Kier alpha value is -5.58. The van der Waals surface area contributed by atoms with Gasteiger partial charge in [0.2, 0.25) is 59.1 Å². The fourth-order valence-corrected chi connectivity index (χ4v) is 7.93. The molecule has 74 heavy (non-hydrogen) atoms. The van der Waals surface area contributed by atoms with Crippen LogP contribution in [0.25, 0.3) is 0 Å². The Morgan fingerprint density at radius 2 is 1.11 bits per heavy atom. The van der Waals surface area contributed by atoms with Crippen molar-refractivity contribution in [3.63, 3.8) is 0 Å². The number of carbonyl (C=O) groups excluding carboxylic acids is 10. The molecule has 424 valence electrons. The minimum absolute atomic E-state index is 0.0204. The molecule has 10 amide bonds. The van der Waals surface area contributed by atoms with Gasteiger partial charge in [-0.15, -0.1) is 0 Å². The molecule has 0 spiro atoms. The number of aliphatic hydroxyl groups excluding tert-OH is 2. The zero-order valence-electron chi connectivity index (χ0n) is 44.1. The van der Waals surface area contributed by atoms with E-state index >= 15 is 0 Å². The van der Waals surface area contributed by atoms with E-state index in [4.69, 9.17) is 28.7 Å². The zero-order valence-corrected chi connectivity index (χ0v) is 44.1. The lowest BCUT2D eigenvalue weighted by atomic mass is 9.97. The fourth-order valence-electron chi connectivity index (χ4n) is 7.93. The first kappa shape index (κ1) is 66.4. The molecule has 0 bridgehead atoms. The summed E-state index contributed by atoms with van der Waals surface area (Å²) in [4.78, 5) is 137. The second-order valence-corrected chi connectivity index (χ2v) is 19.2. The largest absolute Gasteiger partial charge is 0.391 e. The molecule has 0 unspecified atom stereocenters. The monoisotopic (exact) mass is 1060 g/mol. The summed E-state index contributed by atoms with van der Waals surface area (Å²) in [7, 11) is 0. The van der Waals surface area contributed by atoms with Gasteiger partial charge in [-0.05, 0) is 96.8 Å². The average molecular weight is 1060 g/mol. The molecular weight excluding hydrogens is 967 g/mol. The Bertz CT molecular complexity index is 1830. The number of amides is 10. The number of hydrogen-bond donors (Lipinski definition) is 17. The molecule has 0 aromatic heterocycles. The molecular formula is C47H89N15O12. The van der Waals surface area contributed by atoms with Crippen LogP contribution in [-0.2, 0) is 47.9 Å². The first-order valence-electron chi connectivity index (χ1n) is 25.9. The Kier molecular flexibility index (Phi) is 31.9. The van der Waals surface area contributed by atoms with Crippen molar-refractivity contribution in [2.24, 2.45) is 40.5 Å². The second-order valence-electron chi connectivity index (χ2n) is 19.2. The summed E-state index contributed by atoms with van der Waals surface area (Å²) < 4.78 is 0. The molecule has 0 aromatic rings. The van der Waals surface area contributed by atoms with Gasteiger partial charge in [0.05, 0.1) is 12.2 Å². The average Bonchev–Trinajstić information content (AvgIpc) is 3.34. The van der Waals surface area contributed by atoms with Crippen LogP contribution in [0.4, 0.5) is 0 Å². The Morgan fingerprint density at radius 1 is 0.608 bits per heavy atom. The quantitative estimate of drug-likeness (QED) is 0.0379. The van der Waals surface area contributed by atoms with E-state index in [9.17, 15) is 58.2 Å². The lowest BCUT2D eigenvalue weighted by Crippen LogP contribution is -2.62. The van der Waals surface area contributed by atoms with E-state index in [-0.39, 0.29) is 76.5 Å². The van der Waals surface area contributed by atoms with E-state index in [1.807, 2.05) is 0 Å². The number of rotatable bonds is 25. The summed E-state index contributed by atoms with van der Waals surface area (Å²) in [5.74, 6) is -9.13. The standard InChI is InChI=1S/C47H89N15O12/c1-7-9-10-11-12-28(23-51)22-36(65)61-38(27(6)64)47(74)60-35(24-52)45(72)58-33-16-20-53-46(73)37(26(5)63)62-43(70)32(15-19-50)57-40(67)30(13-17-48)55-39(66)29(8-2)54-44(71)34(21-25(3)4)59-41(68)31(14-18-49)56-42(33)69/h25-35,37-38,63-64H,7-24,48-52H2,1-6H3,(H,53,73)(H,54,71)(H,55,66)(H,56,69)(H,57,67)(H,58,72)(H,59,68)(H,60,74)(H,61,65)(H,62,70)/t26-,27-,28+,29+,30+,31+,32+,33+,34-,35+,37+,38+/m1/s1. The highest BCUT2D eigenvalue weighted by atomic mass is 16.3. The van der Waals surface area contributed by atoms with Crippen molar-refractivity contribution >= 4 is 59.1 Å². The molecule has 27 nitrogen and oxygen atoms in total. The minimum Gasteiger partial charge on any atom is -0.391 e. The number of nitrogens with two attached hydrogens (primary N) is 5. The normalized spacial score (nSPS) is 24.2. The van der Waals surface area contributed by atoms with Gasteiger partial charge in [-0.3, -0.25) is 47.9 Å². The van der Waals surface area contributed by atoms with E-state index in [2.05, 4.69) is 60.1 Å². The van der Waals surface area contributed by atoms with E-state index in [1.54, 1.807) is 20.8 Å². The molecule has 1 fully saturated rings. The second kappa shape index (κ2) is 35.6. The molecule has 0 aromatic carbocycles. The first-order valence-corrected chi connectivity index (χ1v) is 25.9. The highest BCUT2D eigenvalue weighted by Gasteiger charge is 2.36. The predicted octanol–water partition coefficient (Wildman–Crippen LogP) is -5.97. The number of nitrogens with one attached hydrogen (secondary N) is 10. The van der Waals surface area contributed by atoms with Gasteiger partial charge < -0.3 is 92.0 Å². The molecule has 1 heterocycles. The third-order valence-corrected chi connectivity index (χ3v) is 12.3. The van der Waals surface area contributed by atoms with Crippen LogP contribution in [0.5, 0.6) is 0 Å². The van der Waals surface area contributed by atoms with Crippen LogP contribution >= 0.6 is 0 Å². The van der Waals surface area contributed by atoms with E-state index in [0.29, 0.717) is 6.42 Å². The number of unbranched alkanes of at least 4 members (excludes halogenated alkanes) is 3. The van der Waals surface area contributed by atoms with Crippen LogP contribution in [0, 0.1) is 11.8 Å². The number of aliphatic hydroxyl groups is 2. The highest BCUT2D eigenvalue weighted by Crippen LogP contribution is 2.14. The van der Waals surface area contributed by atoms with Gasteiger partial charge in [0.1, 0.15) is 54.4 Å². The van der Waals surface area contributed by atoms with Crippen molar-refractivity contribution in [3.8, 4) is 0 Å². The van der Waals surface area contributed by atoms with Crippen molar-refractivity contribution in [2.45, 2.75) is 185 Å². The topological polar surface area (TPSA) is 462 Å². The maximum Gasteiger partial charge on any atom is 0.245 e. The number of carbonyl (C=O) groups is 10. The lowest BCUT2D eigenvalue weighted by Gasteiger charge is -2.28. The van der Waals surface area contributed by atoms with Gasteiger partial charge in [-0.1, -0.05) is 53.4 Å². The molecule has 0 saturated carbocycles. The molecule has 1 rings (SSSR count). The van der Waals surface area contributed by atoms with Crippen LogP contribution in [0.3, 0.4) is 0 Å². The zero-order chi connectivity index (χ0) is 56.1. The molecule has 0 aliphatic carbocycles. The molecule has 1 saturated heterocycles. The molecule has 1 aliphatic rings. The maximum absolute atomic E-state index is 14.2. The fraction of sp³-hybridized carbons (Fsp3) is 0.787. The smallest absolute Gasteiger partial charge is 0.245 e. The van der Waals surface area contributed by atoms with Gasteiger partial charge >= 0.3 is 0 Å². The third kappa shape index (κ3) is 23.7. The van der Waals surface area contributed by atoms with E-state index < -0.39 is 145 Å². The van der Waals surface area contributed by atoms with Gasteiger partial charge in [0.25, 0.3) is 0 Å². The van der Waals surface area contributed by atoms with Crippen LogP contribution in [0.15, 0.2) is 0 Å². The van der Waals surface area contributed by atoms with Crippen molar-refractivity contribution in [2.75, 3.05) is 39.3 Å². The summed E-state index contributed by atoms with van der Waals surface area (Å²) in [6, 6.07) is -13.0. The first-order chi connectivity index (χ1) is 35.0. The molecule has 0 radical (unpaired) electrons. The molecule has 1 aliphatic heterocycles. The van der Waals surface area contributed by atoms with Crippen LogP contribution < -0.4 is 81.8 Å². The number of hydrogen-bond acceptors (Lipinski definition) is 17. The van der Waals surface area contributed by atoms with Gasteiger partial charge in [-0.25, -0.2) is 0 Å². The van der Waals surface area contributed by atoms with Crippen molar-refractivity contribution in [1.82, 2.24) is 53.2 Å². The Labute approximate surface area is 434 Å². The van der Waals surface area contributed by atoms with Crippen LogP contribution in [0.2, 0.25) is 0 Å². The van der Waals surface area contributed by atoms with Crippen LogP contribution in [0.1, 0.15) is 119 Å². The van der Waals surface area contributed by atoms with E-state index in [1.165, 1.54) is 13.8 Å². The lowest BCUT2D eigenvalue weighted by molar-refractivity contribution is -0.136. The maximum atomic E-state index is 14.2. The molecule has 27 heteroatoms. The minimum atomic E-state index is -1.65. The van der Waals surface area contributed by atoms with Crippen molar-refractivity contribution < 1.29 is 58.2 Å². The van der Waals surface area contributed by atoms with Crippen LogP contribution in [-0.4, -0.2) is 175 Å². The van der Waals surface area contributed by atoms with E-state index in [0.717, 1.165) is 25.7 Å².